The molecule has 0 aromatic carbocycles. The molecule has 0 radical (unpaired) electrons. The summed E-state index contributed by atoms with van der Waals surface area (Å²) >= 11 is 0. The summed E-state index contributed by atoms with van der Waals surface area (Å²) in [6, 6.07) is 0. The van der Waals surface area contributed by atoms with E-state index in [4.69, 9.17) is 4.74 Å². The summed E-state index contributed by atoms with van der Waals surface area (Å²) in [5.74, 6) is -0.991. The lowest BCUT2D eigenvalue weighted by atomic mass is 10.0. The van der Waals surface area contributed by atoms with E-state index < -0.39 is 11.9 Å². The predicted octanol–water partition coefficient (Wildman–Crippen LogP) is 6.50. The lowest BCUT2D eigenvalue weighted by Crippen LogP contribution is -2.13. The van der Waals surface area contributed by atoms with Crippen molar-refractivity contribution < 1.29 is 14.3 Å². The number of unbranched alkanes of at least 4 members (excludes halogenated alkanes) is 12. The number of esters is 2. The number of rotatable bonds is 16. The third-order valence-corrected chi connectivity index (χ3v) is 4.41. The minimum absolute atomic E-state index is 0.334. The maximum absolute atomic E-state index is 11.5. The van der Waals surface area contributed by atoms with Crippen LogP contribution in [0.3, 0.4) is 0 Å². The Labute approximate surface area is 149 Å². The standard InChI is InChI=1S/C21H38O3/c1-4-6-7-8-9-10-11-12-13-14-15-16-17-18-20(22)24-21(23)19(3)5-2/h3-18H2,1-2H3. The molecule has 0 aliphatic rings. The maximum Gasteiger partial charge on any atom is 0.341 e. The van der Waals surface area contributed by atoms with Crippen LogP contribution < -0.4 is 0 Å². The van der Waals surface area contributed by atoms with Gasteiger partial charge in [-0.15, -0.1) is 0 Å². The van der Waals surface area contributed by atoms with E-state index in [0.717, 1.165) is 12.8 Å². The van der Waals surface area contributed by atoms with Crippen LogP contribution in [0.25, 0.3) is 0 Å². The monoisotopic (exact) mass is 338 g/mol. The van der Waals surface area contributed by atoms with Gasteiger partial charge in [0.2, 0.25) is 0 Å². The molecule has 0 amide bonds. The number of carbonyl (C=O) groups excluding carboxylic acids is 2. The molecule has 0 atom stereocenters. The van der Waals surface area contributed by atoms with Crippen LogP contribution in [-0.4, -0.2) is 11.9 Å². The van der Waals surface area contributed by atoms with Crippen molar-refractivity contribution in [3.8, 4) is 0 Å². The summed E-state index contributed by atoms with van der Waals surface area (Å²) in [5, 5.41) is 0. The second kappa shape index (κ2) is 16.7. The van der Waals surface area contributed by atoms with Gasteiger partial charge < -0.3 is 4.74 Å². The van der Waals surface area contributed by atoms with Gasteiger partial charge in [0, 0.05) is 12.0 Å². The average Bonchev–Trinajstić information content (AvgIpc) is 2.58. The molecule has 0 unspecified atom stereocenters. The number of hydrogen-bond acceptors (Lipinski definition) is 3. The van der Waals surface area contributed by atoms with Gasteiger partial charge in [-0.1, -0.05) is 97.5 Å². The van der Waals surface area contributed by atoms with Crippen LogP contribution >= 0.6 is 0 Å². The Bertz CT molecular complexity index is 347. The highest BCUT2D eigenvalue weighted by molar-refractivity contribution is 5.95. The molecule has 0 aliphatic carbocycles. The fourth-order valence-electron chi connectivity index (χ4n) is 2.66. The van der Waals surface area contributed by atoms with Crippen molar-refractivity contribution in [1.29, 1.82) is 0 Å². The van der Waals surface area contributed by atoms with Crippen molar-refractivity contribution in [2.75, 3.05) is 0 Å². The van der Waals surface area contributed by atoms with Crippen LogP contribution in [0.15, 0.2) is 12.2 Å². The first-order valence-corrected chi connectivity index (χ1v) is 10.0. The molecule has 0 N–H and O–H groups in total. The predicted molar refractivity (Wildman–Crippen MR) is 101 cm³/mol. The van der Waals surface area contributed by atoms with E-state index in [1.165, 1.54) is 70.6 Å². The van der Waals surface area contributed by atoms with Crippen LogP contribution in [0.4, 0.5) is 0 Å². The quantitative estimate of drug-likeness (QED) is 0.139. The van der Waals surface area contributed by atoms with E-state index in [2.05, 4.69) is 13.5 Å². The Morgan fingerprint density at radius 1 is 0.708 bits per heavy atom. The van der Waals surface area contributed by atoms with Crippen LogP contribution in [0.2, 0.25) is 0 Å². The molecular weight excluding hydrogens is 300 g/mol. The largest absolute Gasteiger partial charge is 0.390 e. The Kier molecular flexibility index (Phi) is 15.9. The summed E-state index contributed by atoms with van der Waals surface area (Å²) < 4.78 is 4.73. The summed E-state index contributed by atoms with van der Waals surface area (Å²) in [6.45, 7) is 7.65. The third-order valence-electron chi connectivity index (χ3n) is 4.41. The van der Waals surface area contributed by atoms with Crippen LogP contribution in [0, 0.1) is 0 Å². The zero-order valence-electron chi connectivity index (χ0n) is 16.0. The first-order chi connectivity index (χ1) is 11.6. The topological polar surface area (TPSA) is 43.4 Å². The fourth-order valence-corrected chi connectivity index (χ4v) is 2.66. The fraction of sp³-hybridized carbons (Fsp3) is 0.810. The van der Waals surface area contributed by atoms with E-state index in [9.17, 15) is 9.59 Å². The van der Waals surface area contributed by atoms with Crippen molar-refractivity contribution in [2.45, 2.75) is 110 Å². The molecule has 3 heteroatoms. The zero-order valence-corrected chi connectivity index (χ0v) is 16.0. The number of carbonyl (C=O) groups is 2. The summed E-state index contributed by atoms with van der Waals surface area (Å²) in [4.78, 5) is 22.9. The first-order valence-electron chi connectivity index (χ1n) is 10.0. The van der Waals surface area contributed by atoms with Gasteiger partial charge in [-0.25, -0.2) is 4.79 Å². The van der Waals surface area contributed by atoms with Gasteiger partial charge in [-0.2, -0.15) is 0 Å². The van der Waals surface area contributed by atoms with Gasteiger partial charge >= 0.3 is 11.9 Å². The molecule has 0 bridgehead atoms. The normalized spacial score (nSPS) is 10.6. The molecule has 0 rings (SSSR count). The smallest absolute Gasteiger partial charge is 0.341 e. The van der Waals surface area contributed by atoms with Crippen LogP contribution in [0.5, 0.6) is 0 Å². The third kappa shape index (κ3) is 14.5. The highest BCUT2D eigenvalue weighted by Gasteiger charge is 2.11. The lowest BCUT2D eigenvalue weighted by Gasteiger charge is -2.04. The second-order valence-corrected chi connectivity index (χ2v) is 6.71. The highest BCUT2D eigenvalue weighted by Crippen LogP contribution is 2.13. The van der Waals surface area contributed by atoms with Crippen molar-refractivity contribution in [3.05, 3.63) is 12.2 Å². The molecule has 0 saturated carbocycles. The van der Waals surface area contributed by atoms with E-state index in [0.29, 0.717) is 18.4 Å². The minimum Gasteiger partial charge on any atom is -0.390 e. The average molecular weight is 339 g/mol. The molecule has 24 heavy (non-hydrogen) atoms. The van der Waals surface area contributed by atoms with Gasteiger partial charge in [-0.3, -0.25) is 4.79 Å². The lowest BCUT2D eigenvalue weighted by molar-refractivity contribution is -0.157. The molecule has 0 fully saturated rings. The molecule has 0 aromatic heterocycles. The second-order valence-electron chi connectivity index (χ2n) is 6.71. The molecule has 0 spiro atoms. The van der Waals surface area contributed by atoms with Gasteiger partial charge in [0.05, 0.1) is 0 Å². The molecular formula is C21H38O3. The molecule has 0 aliphatic heterocycles. The maximum atomic E-state index is 11.5. The number of ether oxygens (including phenoxy) is 1. The van der Waals surface area contributed by atoms with Crippen molar-refractivity contribution in [3.63, 3.8) is 0 Å². The SMILES string of the molecule is C=C(CC)C(=O)OC(=O)CCCCCCCCCCCCCCC. The van der Waals surface area contributed by atoms with Crippen molar-refractivity contribution >= 4 is 11.9 Å². The highest BCUT2D eigenvalue weighted by atomic mass is 16.6. The van der Waals surface area contributed by atoms with Gasteiger partial charge in [0.15, 0.2) is 0 Å². The Morgan fingerprint density at radius 2 is 1.12 bits per heavy atom. The minimum atomic E-state index is -0.572. The van der Waals surface area contributed by atoms with E-state index in [1.54, 1.807) is 0 Å². The summed E-state index contributed by atoms with van der Waals surface area (Å²) in [7, 11) is 0. The van der Waals surface area contributed by atoms with E-state index >= 15 is 0 Å². The Hall–Kier alpha value is -1.12. The summed E-state index contributed by atoms with van der Waals surface area (Å²) in [5.41, 5.74) is 0.355. The zero-order chi connectivity index (χ0) is 18.0. The van der Waals surface area contributed by atoms with Gasteiger partial charge in [0.1, 0.15) is 0 Å². The Balaban J connectivity index is 3.29. The number of hydrogen-bond donors (Lipinski definition) is 0. The van der Waals surface area contributed by atoms with Crippen molar-refractivity contribution in [2.24, 2.45) is 0 Å². The molecule has 3 nitrogen and oxygen atoms in total. The van der Waals surface area contributed by atoms with E-state index in [-0.39, 0.29) is 0 Å². The molecule has 0 heterocycles. The van der Waals surface area contributed by atoms with Crippen LogP contribution in [-0.2, 0) is 14.3 Å². The molecule has 140 valence electrons. The van der Waals surface area contributed by atoms with Gasteiger partial charge in [-0.05, 0) is 12.8 Å². The molecule has 0 saturated heterocycles. The van der Waals surface area contributed by atoms with Gasteiger partial charge in [0.25, 0.3) is 0 Å². The Morgan fingerprint density at radius 3 is 1.54 bits per heavy atom. The van der Waals surface area contributed by atoms with E-state index in [1.807, 2.05) is 6.92 Å². The van der Waals surface area contributed by atoms with Crippen LogP contribution in [0.1, 0.15) is 110 Å². The first kappa shape index (κ1) is 22.9. The molecule has 0 aromatic rings. The van der Waals surface area contributed by atoms with Crippen molar-refractivity contribution in [1.82, 2.24) is 0 Å². The summed E-state index contributed by atoms with van der Waals surface area (Å²) in [6.07, 6.45) is 17.4.